The van der Waals surface area contributed by atoms with Crippen molar-refractivity contribution in [3.05, 3.63) is 60.0 Å². The zero-order valence-corrected chi connectivity index (χ0v) is 15.6. The summed E-state index contributed by atoms with van der Waals surface area (Å²) in [4.78, 5) is 7.43. The van der Waals surface area contributed by atoms with Gasteiger partial charge in [0.15, 0.2) is 0 Å². The van der Waals surface area contributed by atoms with Crippen LogP contribution in [-0.4, -0.2) is 16.6 Å². The summed E-state index contributed by atoms with van der Waals surface area (Å²) >= 11 is 0. The number of H-pyrrole nitrogens is 1. The molecule has 0 spiro atoms. The fourth-order valence-electron chi connectivity index (χ4n) is 2.40. The molecule has 0 amide bonds. The summed E-state index contributed by atoms with van der Waals surface area (Å²) < 4.78 is 5.72. The molecule has 0 bridgehead atoms. The summed E-state index contributed by atoms with van der Waals surface area (Å²) in [6, 6.07) is 10.4. The van der Waals surface area contributed by atoms with Gasteiger partial charge in [-0.2, -0.15) is 0 Å². The van der Waals surface area contributed by atoms with Crippen LogP contribution in [0.5, 0.6) is 5.75 Å². The quantitative estimate of drug-likeness (QED) is 0.590. The lowest BCUT2D eigenvalue weighted by atomic mass is 10.1. The molecular weight excluding hydrogens is 296 g/mol. The van der Waals surface area contributed by atoms with Crippen LogP contribution in [0.2, 0.25) is 0 Å². The third-order valence-electron chi connectivity index (χ3n) is 3.38. The van der Waals surface area contributed by atoms with Gasteiger partial charge in [0, 0.05) is 23.3 Å². The first kappa shape index (κ1) is 19.8. The second-order valence-electron chi connectivity index (χ2n) is 5.01. The molecule has 1 aromatic carbocycles. The van der Waals surface area contributed by atoms with Crippen LogP contribution < -0.4 is 4.74 Å². The molecule has 1 N–H and O–H groups in total. The molecule has 3 heteroatoms. The van der Waals surface area contributed by atoms with Gasteiger partial charge in [-0.3, -0.25) is 4.98 Å². The number of fused-ring (bicyclic) bond motifs is 1. The van der Waals surface area contributed by atoms with Crippen molar-refractivity contribution in [2.24, 2.45) is 0 Å². The van der Waals surface area contributed by atoms with Gasteiger partial charge in [-0.05, 0) is 43.0 Å². The lowest BCUT2D eigenvalue weighted by Crippen LogP contribution is -1.99. The Morgan fingerprint density at radius 2 is 1.79 bits per heavy atom. The fourth-order valence-corrected chi connectivity index (χ4v) is 2.40. The second kappa shape index (κ2) is 11.3. The number of aromatic nitrogens is 2. The van der Waals surface area contributed by atoms with Crippen LogP contribution in [0.15, 0.2) is 48.9 Å². The van der Waals surface area contributed by atoms with Crippen LogP contribution in [0.4, 0.5) is 0 Å². The first-order valence-corrected chi connectivity index (χ1v) is 8.92. The molecule has 0 aliphatic carbocycles. The normalized spacial score (nSPS) is 9.54. The molecule has 0 atom stereocenters. The Balaban J connectivity index is 0.000000671. The summed E-state index contributed by atoms with van der Waals surface area (Å²) in [5.74, 6) is 0.851. The van der Waals surface area contributed by atoms with Crippen LogP contribution >= 0.6 is 0 Å². The molecule has 0 saturated carbocycles. The van der Waals surface area contributed by atoms with Crippen molar-refractivity contribution in [1.29, 1.82) is 0 Å². The summed E-state index contributed by atoms with van der Waals surface area (Å²) in [6.45, 7) is 10.7. The number of hydrogen-bond donors (Lipinski definition) is 1. The molecule has 0 aliphatic rings. The predicted molar refractivity (Wildman–Crippen MR) is 104 cm³/mol. The van der Waals surface area contributed by atoms with E-state index in [4.69, 9.17) is 4.74 Å². The minimum Gasteiger partial charge on any atom is -0.492 e. The fraction of sp³-hybridized carbons (Fsp3) is 0.381. The smallest absolute Gasteiger partial charge is 0.137 e. The third-order valence-corrected chi connectivity index (χ3v) is 3.38. The summed E-state index contributed by atoms with van der Waals surface area (Å²) in [6.07, 6.45) is 7.70. The van der Waals surface area contributed by atoms with E-state index in [2.05, 4.69) is 40.4 Å². The molecule has 3 nitrogen and oxygen atoms in total. The van der Waals surface area contributed by atoms with Crippen molar-refractivity contribution in [3.8, 4) is 5.75 Å². The highest BCUT2D eigenvalue weighted by atomic mass is 16.5. The lowest BCUT2D eigenvalue weighted by Gasteiger charge is -2.06. The van der Waals surface area contributed by atoms with E-state index in [0.29, 0.717) is 6.61 Å². The van der Waals surface area contributed by atoms with Crippen LogP contribution in [0.3, 0.4) is 0 Å². The predicted octanol–water partition coefficient (Wildman–Crippen LogP) is 5.94. The molecule has 0 radical (unpaired) electrons. The molecule has 24 heavy (non-hydrogen) atoms. The number of aromatic amines is 1. The van der Waals surface area contributed by atoms with Crippen LogP contribution in [-0.2, 0) is 6.42 Å². The van der Waals surface area contributed by atoms with E-state index in [-0.39, 0.29) is 0 Å². The number of hydrogen-bond acceptors (Lipinski definition) is 2. The van der Waals surface area contributed by atoms with E-state index in [9.17, 15) is 0 Å². The van der Waals surface area contributed by atoms with E-state index in [1.807, 2.05) is 46.9 Å². The molecule has 130 valence electrons. The molecule has 0 fully saturated rings. The summed E-state index contributed by atoms with van der Waals surface area (Å²) in [7, 11) is 0. The van der Waals surface area contributed by atoms with Gasteiger partial charge in [-0.25, -0.2) is 0 Å². The largest absolute Gasteiger partial charge is 0.492 e. The van der Waals surface area contributed by atoms with Crippen molar-refractivity contribution in [3.63, 3.8) is 0 Å². The molecule has 3 aromatic rings. The van der Waals surface area contributed by atoms with E-state index in [0.717, 1.165) is 24.2 Å². The number of ether oxygens (including phenoxy) is 1. The number of aryl methyl sites for hydroxylation is 2. The van der Waals surface area contributed by atoms with Crippen LogP contribution in [0.1, 0.15) is 45.2 Å². The van der Waals surface area contributed by atoms with E-state index in [1.54, 1.807) is 6.20 Å². The Morgan fingerprint density at radius 3 is 2.54 bits per heavy atom. The lowest BCUT2D eigenvalue weighted by molar-refractivity contribution is 0.310. The minimum absolute atomic E-state index is 0.713. The molecular formula is C21H30N2O. The van der Waals surface area contributed by atoms with Gasteiger partial charge in [0.1, 0.15) is 5.75 Å². The highest BCUT2D eigenvalue weighted by molar-refractivity contribution is 5.82. The maximum Gasteiger partial charge on any atom is 0.137 e. The first-order valence-electron chi connectivity index (χ1n) is 8.92. The Bertz CT molecular complexity index is 704. The van der Waals surface area contributed by atoms with Gasteiger partial charge in [-0.15, -0.1) is 0 Å². The zero-order valence-electron chi connectivity index (χ0n) is 15.6. The average molecular weight is 326 g/mol. The number of pyridine rings is 1. The SMILES string of the molecule is CC.CC.Cc1cncc(OCCCc2c[nH]c3ccccc23)c1. The Morgan fingerprint density at radius 1 is 1.04 bits per heavy atom. The third kappa shape index (κ3) is 5.73. The summed E-state index contributed by atoms with van der Waals surface area (Å²) in [5.41, 5.74) is 3.68. The van der Waals surface area contributed by atoms with Gasteiger partial charge in [0.2, 0.25) is 0 Å². The van der Waals surface area contributed by atoms with E-state index in [1.165, 1.54) is 16.5 Å². The highest BCUT2D eigenvalue weighted by Crippen LogP contribution is 2.19. The topological polar surface area (TPSA) is 37.9 Å². The monoisotopic (exact) mass is 326 g/mol. The van der Waals surface area contributed by atoms with Crippen molar-refractivity contribution in [2.45, 2.75) is 47.5 Å². The van der Waals surface area contributed by atoms with E-state index < -0.39 is 0 Å². The molecule has 3 rings (SSSR count). The molecule has 0 aliphatic heterocycles. The Kier molecular flexibility index (Phi) is 9.28. The van der Waals surface area contributed by atoms with Crippen molar-refractivity contribution < 1.29 is 4.74 Å². The Hall–Kier alpha value is -2.29. The summed E-state index contributed by atoms with van der Waals surface area (Å²) in [5, 5.41) is 1.31. The number of rotatable bonds is 5. The maximum absolute atomic E-state index is 5.72. The van der Waals surface area contributed by atoms with Gasteiger partial charge >= 0.3 is 0 Å². The molecule has 2 heterocycles. The standard InChI is InChI=1S/C17H18N2O.2C2H6/c1-13-9-15(12-18-10-13)20-8-4-5-14-11-19-17-7-3-2-6-16(14)17;2*1-2/h2-3,6-7,9-12,19H,4-5,8H2,1H3;2*1-2H3. The maximum atomic E-state index is 5.72. The second-order valence-corrected chi connectivity index (χ2v) is 5.01. The van der Waals surface area contributed by atoms with Gasteiger partial charge in [0.05, 0.1) is 12.8 Å². The first-order chi connectivity index (χ1) is 11.8. The molecule has 2 aromatic heterocycles. The molecule has 0 saturated heterocycles. The minimum atomic E-state index is 0.713. The van der Waals surface area contributed by atoms with Gasteiger partial charge in [0.25, 0.3) is 0 Å². The zero-order chi connectivity index (χ0) is 17.8. The highest BCUT2D eigenvalue weighted by Gasteiger charge is 2.02. The van der Waals surface area contributed by atoms with Crippen molar-refractivity contribution in [2.75, 3.05) is 6.61 Å². The number of para-hydroxylation sites is 1. The number of nitrogens with one attached hydrogen (secondary N) is 1. The van der Waals surface area contributed by atoms with Crippen molar-refractivity contribution in [1.82, 2.24) is 9.97 Å². The average Bonchev–Trinajstić information content (AvgIpc) is 3.06. The van der Waals surface area contributed by atoms with Gasteiger partial charge in [-0.1, -0.05) is 45.9 Å². The Labute approximate surface area is 146 Å². The molecule has 0 unspecified atom stereocenters. The van der Waals surface area contributed by atoms with Crippen molar-refractivity contribution >= 4 is 10.9 Å². The van der Waals surface area contributed by atoms with Crippen LogP contribution in [0.25, 0.3) is 10.9 Å². The number of nitrogens with zero attached hydrogens (tertiary/aromatic N) is 1. The van der Waals surface area contributed by atoms with Gasteiger partial charge < -0.3 is 9.72 Å². The van der Waals surface area contributed by atoms with E-state index >= 15 is 0 Å². The van der Waals surface area contributed by atoms with Crippen LogP contribution in [0, 0.1) is 6.92 Å². The number of benzene rings is 1.